The molecule has 1 aliphatic carbocycles. The van der Waals surface area contributed by atoms with Gasteiger partial charge in [-0.05, 0) is 56.4 Å². The first-order chi connectivity index (χ1) is 15.1. The molecule has 0 saturated heterocycles. The first-order valence-electron chi connectivity index (χ1n) is 10.9. The lowest BCUT2D eigenvalue weighted by Crippen LogP contribution is -2.41. The molecule has 3 aromatic rings. The number of ether oxygens (including phenoxy) is 1. The Balaban J connectivity index is 1.28. The number of nitrogens with zero attached hydrogens (tertiary/aromatic N) is 4. The molecule has 1 aliphatic heterocycles. The van der Waals surface area contributed by atoms with Gasteiger partial charge in [0, 0.05) is 48.7 Å². The number of carbonyl (C=O) groups is 1. The highest BCUT2D eigenvalue weighted by Gasteiger charge is 2.31. The van der Waals surface area contributed by atoms with Gasteiger partial charge >= 0.3 is 0 Å². The second kappa shape index (κ2) is 8.13. The van der Waals surface area contributed by atoms with Gasteiger partial charge in [-0.25, -0.2) is 4.98 Å². The van der Waals surface area contributed by atoms with Crippen LogP contribution in [0.4, 0.5) is 0 Å². The van der Waals surface area contributed by atoms with Crippen molar-refractivity contribution in [3.05, 3.63) is 58.7 Å². The zero-order valence-corrected chi connectivity index (χ0v) is 17.9. The lowest BCUT2D eigenvalue weighted by Gasteiger charge is -2.34. The molecule has 7 nitrogen and oxygen atoms in total. The minimum atomic E-state index is 0.238. The van der Waals surface area contributed by atoms with Gasteiger partial charge in [-0.3, -0.25) is 9.78 Å². The Morgan fingerprint density at radius 1 is 1.19 bits per heavy atom. The van der Waals surface area contributed by atoms with Crippen LogP contribution in [0, 0.1) is 19.8 Å². The zero-order valence-electron chi connectivity index (χ0n) is 17.9. The first kappa shape index (κ1) is 19.7. The predicted molar refractivity (Wildman–Crippen MR) is 114 cm³/mol. The van der Waals surface area contributed by atoms with E-state index in [0.717, 1.165) is 59.6 Å². The van der Waals surface area contributed by atoms with E-state index in [1.807, 2.05) is 43.1 Å². The molecule has 0 N–H and O–H groups in total. The summed E-state index contributed by atoms with van der Waals surface area (Å²) in [4.78, 5) is 23.4. The van der Waals surface area contributed by atoms with Crippen LogP contribution in [0.2, 0.25) is 0 Å². The highest BCUT2D eigenvalue weighted by molar-refractivity contribution is 5.79. The number of rotatable bonds is 5. The Labute approximate surface area is 181 Å². The SMILES string of the molecule is Cc1ccc(-c2noc(C)c2COc2cc3c(cn2)CN(C(=O)C2CCC2)CC3)cn1. The monoisotopic (exact) mass is 418 g/mol. The van der Waals surface area contributed by atoms with Gasteiger partial charge in [-0.1, -0.05) is 11.6 Å². The fraction of sp³-hybridized carbons (Fsp3) is 0.417. The van der Waals surface area contributed by atoms with Gasteiger partial charge in [0.15, 0.2) is 0 Å². The summed E-state index contributed by atoms with van der Waals surface area (Å²) in [5.74, 6) is 1.84. The summed E-state index contributed by atoms with van der Waals surface area (Å²) < 4.78 is 11.4. The number of aryl methyl sites for hydroxylation is 2. The molecule has 160 valence electrons. The number of hydrogen-bond donors (Lipinski definition) is 0. The first-order valence-corrected chi connectivity index (χ1v) is 10.9. The number of carbonyl (C=O) groups excluding carboxylic acids is 1. The van der Waals surface area contributed by atoms with E-state index in [0.29, 0.717) is 24.9 Å². The van der Waals surface area contributed by atoms with E-state index in [2.05, 4.69) is 15.1 Å². The molecular formula is C24H26N4O3. The molecule has 31 heavy (non-hydrogen) atoms. The molecule has 1 fully saturated rings. The van der Waals surface area contributed by atoms with E-state index in [9.17, 15) is 4.79 Å². The Morgan fingerprint density at radius 3 is 2.81 bits per heavy atom. The molecule has 4 heterocycles. The Bertz CT molecular complexity index is 1100. The molecule has 2 aliphatic rings. The van der Waals surface area contributed by atoms with Crippen LogP contribution in [0.25, 0.3) is 11.3 Å². The summed E-state index contributed by atoms with van der Waals surface area (Å²) in [6.45, 7) is 5.56. The minimum absolute atomic E-state index is 0.238. The molecule has 7 heteroatoms. The van der Waals surface area contributed by atoms with E-state index in [1.54, 1.807) is 6.20 Å². The van der Waals surface area contributed by atoms with E-state index in [1.165, 1.54) is 12.0 Å². The third kappa shape index (κ3) is 3.92. The van der Waals surface area contributed by atoms with Crippen LogP contribution in [-0.4, -0.2) is 32.5 Å². The van der Waals surface area contributed by atoms with Gasteiger partial charge in [0.05, 0.1) is 5.56 Å². The molecule has 5 rings (SSSR count). The van der Waals surface area contributed by atoms with Crippen molar-refractivity contribution in [2.75, 3.05) is 6.54 Å². The Hall–Kier alpha value is -3.22. The van der Waals surface area contributed by atoms with Crippen molar-refractivity contribution in [1.29, 1.82) is 0 Å². The fourth-order valence-corrected chi connectivity index (χ4v) is 4.14. The van der Waals surface area contributed by atoms with Gasteiger partial charge in [0.25, 0.3) is 0 Å². The largest absolute Gasteiger partial charge is 0.473 e. The summed E-state index contributed by atoms with van der Waals surface area (Å²) in [7, 11) is 0. The third-order valence-corrected chi connectivity index (χ3v) is 6.37. The van der Waals surface area contributed by atoms with Crippen LogP contribution in [-0.2, 0) is 24.4 Å². The molecule has 0 spiro atoms. The molecule has 0 radical (unpaired) electrons. The number of fused-ring (bicyclic) bond motifs is 1. The number of amides is 1. The van der Waals surface area contributed by atoms with Crippen LogP contribution < -0.4 is 4.74 Å². The van der Waals surface area contributed by atoms with Crippen LogP contribution in [0.3, 0.4) is 0 Å². The van der Waals surface area contributed by atoms with Gasteiger partial charge < -0.3 is 14.2 Å². The molecular weight excluding hydrogens is 392 g/mol. The summed E-state index contributed by atoms with van der Waals surface area (Å²) in [6.07, 6.45) is 7.72. The smallest absolute Gasteiger partial charge is 0.225 e. The Kier molecular flexibility index (Phi) is 5.18. The summed E-state index contributed by atoms with van der Waals surface area (Å²) in [6, 6.07) is 5.93. The fourth-order valence-electron chi connectivity index (χ4n) is 4.14. The zero-order chi connectivity index (χ0) is 21.4. The summed E-state index contributed by atoms with van der Waals surface area (Å²) in [5, 5.41) is 4.20. The van der Waals surface area contributed by atoms with Gasteiger partial charge in [-0.2, -0.15) is 0 Å². The van der Waals surface area contributed by atoms with Crippen molar-refractivity contribution in [2.24, 2.45) is 5.92 Å². The minimum Gasteiger partial charge on any atom is -0.473 e. The van der Waals surface area contributed by atoms with Gasteiger partial charge in [0.1, 0.15) is 18.1 Å². The molecule has 0 unspecified atom stereocenters. The average Bonchev–Trinajstić information content (AvgIpc) is 3.11. The van der Waals surface area contributed by atoms with E-state index < -0.39 is 0 Å². The topological polar surface area (TPSA) is 81.4 Å². The molecule has 3 aromatic heterocycles. The summed E-state index contributed by atoms with van der Waals surface area (Å²) in [5.41, 5.74) is 5.80. The third-order valence-electron chi connectivity index (χ3n) is 6.37. The highest BCUT2D eigenvalue weighted by atomic mass is 16.5. The van der Waals surface area contributed by atoms with Gasteiger partial charge in [-0.15, -0.1) is 0 Å². The van der Waals surface area contributed by atoms with E-state index >= 15 is 0 Å². The maximum Gasteiger partial charge on any atom is 0.225 e. The maximum absolute atomic E-state index is 12.6. The van der Waals surface area contributed by atoms with Gasteiger partial charge in [0.2, 0.25) is 11.8 Å². The quantitative estimate of drug-likeness (QED) is 0.623. The number of aromatic nitrogens is 3. The highest BCUT2D eigenvalue weighted by Crippen LogP contribution is 2.31. The van der Waals surface area contributed by atoms with E-state index in [4.69, 9.17) is 9.26 Å². The van der Waals surface area contributed by atoms with Crippen LogP contribution >= 0.6 is 0 Å². The Morgan fingerprint density at radius 2 is 2.06 bits per heavy atom. The normalized spacial score (nSPS) is 16.0. The molecule has 1 saturated carbocycles. The molecule has 1 amide bonds. The molecule has 0 bridgehead atoms. The second-order valence-corrected chi connectivity index (χ2v) is 8.47. The van der Waals surface area contributed by atoms with Crippen molar-refractivity contribution in [3.8, 4) is 17.1 Å². The van der Waals surface area contributed by atoms with Crippen LogP contribution in [0.5, 0.6) is 5.88 Å². The van der Waals surface area contributed by atoms with E-state index in [-0.39, 0.29) is 5.92 Å². The van der Waals surface area contributed by atoms with Crippen LogP contribution in [0.1, 0.15) is 47.4 Å². The van der Waals surface area contributed by atoms with Crippen molar-refractivity contribution in [2.45, 2.75) is 52.7 Å². The second-order valence-electron chi connectivity index (χ2n) is 8.47. The predicted octanol–water partition coefficient (Wildman–Crippen LogP) is 4.01. The van der Waals surface area contributed by atoms with Crippen molar-refractivity contribution in [1.82, 2.24) is 20.0 Å². The maximum atomic E-state index is 12.6. The van der Waals surface area contributed by atoms with Crippen molar-refractivity contribution >= 4 is 5.91 Å². The molecule has 0 atom stereocenters. The summed E-state index contributed by atoms with van der Waals surface area (Å²) >= 11 is 0. The van der Waals surface area contributed by atoms with Crippen molar-refractivity contribution in [3.63, 3.8) is 0 Å². The number of pyridine rings is 2. The lowest BCUT2D eigenvalue weighted by atomic mass is 9.84. The average molecular weight is 418 g/mol. The van der Waals surface area contributed by atoms with Crippen LogP contribution in [0.15, 0.2) is 35.1 Å². The standard InChI is InChI=1S/C24H26N4O3/c1-15-6-7-19(11-25-15)23-21(16(2)31-27-23)14-30-22-10-18-8-9-28(13-20(18)12-26-22)24(29)17-4-3-5-17/h6-7,10-12,17H,3-5,8-9,13-14H2,1-2H3. The lowest BCUT2D eigenvalue weighted by molar-refractivity contribution is -0.139. The van der Waals surface area contributed by atoms with Crippen molar-refractivity contribution < 1.29 is 14.1 Å². The molecule has 0 aromatic carbocycles. The number of hydrogen-bond acceptors (Lipinski definition) is 6.